The van der Waals surface area contributed by atoms with Crippen molar-refractivity contribution in [2.24, 2.45) is 5.92 Å². The molecule has 1 heterocycles. The van der Waals surface area contributed by atoms with Crippen LogP contribution >= 0.6 is 0 Å². The van der Waals surface area contributed by atoms with Crippen LogP contribution in [0.1, 0.15) is 70.6 Å². The van der Waals surface area contributed by atoms with E-state index >= 15 is 0 Å². The van der Waals surface area contributed by atoms with Gasteiger partial charge in [-0.25, -0.2) is 9.67 Å². The van der Waals surface area contributed by atoms with Gasteiger partial charge in [-0.05, 0) is 46.5 Å². The van der Waals surface area contributed by atoms with E-state index in [1.165, 1.54) is 19.3 Å². The fourth-order valence-corrected chi connectivity index (χ4v) is 2.78. The minimum Gasteiger partial charge on any atom is -0.385 e. The van der Waals surface area contributed by atoms with E-state index in [1.807, 2.05) is 11.6 Å². The molecular formula is C14H25N3O. The first-order valence-electron chi connectivity index (χ1n) is 7.01. The quantitative estimate of drug-likeness (QED) is 0.879. The first-order chi connectivity index (χ1) is 8.39. The van der Waals surface area contributed by atoms with E-state index < -0.39 is 6.10 Å². The highest BCUT2D eigenvalue weighted by Crippen LogP contribution is 2.34. The molecule has 1 aromatic heterocycles. The highest BCUT2D eigenvalue weighted by molar-refractivity contribution is 5.01. The van der Waals surface area contributed by atoms with Gasteiger partial charge in [0.05, 0.1) is 5.54 Å². The van der Waals surface area contributed by atoms with E-state index in [-0.39, 0.29) is 5.54 Å². The minimum atomic E-state index is -0.467. The van der Waals surface area contributed by atoms with Crippen LogP contribution in [0.4, 0.5) is 0 Å². The van der Waals surface area contributed by atoms with Crippen molar-refractivity contribution >= 4 is 0 Å². The van der Waals surface area contributed by atoms with Crippen molar-refractivity contribution in [2.75, 3.05) is 0 Å². The summed E-state index contributed by atoms with van der Waals surface area (Å²) in [6.45, 7) is 8.17. The molecule has 102 valence electrons. The lowest BCUT2D eigenvalue weighted by Crippen LogP contribution is -2.29. The lowest BCUT2D eigenvalue weighted by atomic mass is 9.85. The number of hydrogen-bond donors (Lipinski definition) is 1. The van der Waals surface area contributed by atoms with Crippen molar-refractivity contribution in [1.82, 2.24) is 14.8 Å². The van der Waals surface area contributed by atoms with Gasteiger partial charge in [-0.2, -0.15) is 5.10 Å². The second-order valence-corrected chi connectivity index (χ2v) is 6.44. The fourth-order valence-electron chi connectivity index (χ4n) is 2.78. The molecule has 0 spiro atoms. The number of rotatable bonds is 2. The second kappa shape index (κ2) is 5.00. The van der Waals surface area contributed by atoms with Crippen LogP contribution < -0.4 is 0 Å². The topological polar surface area (TPSA) is 50.9 Å². The fraction of sp³-hybridized carbons (Fsp3) is 0.857. The molecule has 0 saturated heterocycles. The van der Waals surface area contributed by atoms with E-state index in [0.717, 1.165) is 24.5 Å². The molecule has 1 aliphatic carbocycles. The van der Waals surface area contributed by atoms with Crippen LogP contribution in [0, 0.1) is 12.8 Å². The zero-order valence-corrected chi connectivity index (χ0v) is 12.0. The van der Waals surface area contributed by atoms with Gasteiger partial charge in [-0.1, -0.05) is 19.3 Å². The maximum atomic E-state index is 10.6. The Bertz CT molecular complexity index is 400. The molecule has 4 nitrogen and oxygen atoms in total. The Labute approximate surface area is 109 Å². The van der Waals surface area contributed by atoms with Crippen molar-refractivity contribution in [2.45, 2.75) is 71.4 Å². The monoisotopic (exact) mass is 251 g/mol. The second-order valence-electron chi connectivity index (χ2n) is 6.44. The molecule has 1 N–H and O–H groups in total. The lowest BCUT2D eigenvalue weighted by molar-refractivity contribution is 0.0681. The minimum absolute atomic E-state index is 0.133. The largest absolute Gasteiger partial charge is 0.385 e. The van der Waals surface area contributed by atoms with Crippen LogP contribution in [0.15, 0.2) is 0 Å². The predicted molar refractivity (Wildman–Crippen MR) is 71.3 cm³/mol. The van der Waals surface area contributed by atoms with Gasteiger partial charge < -0.3 is 5.11 Å². The van der Waals surface area contributed by atoms with Crippen molar-refractivity contribution in [3.05, 3.63) is 11.6 Å². The van der Waals surface area contributed by atoms with Gasteiger partial charge in [-0.15, -0.1) is 0 Å². The lowest BCUT2D eigenvalue weighted by Gasteiger charge is -2.29. The average molecular weight is 251 g/mol. The Hall–Kier alpha value is -0.900. The summed E-state index contributed by atoms with van der Waals surface area (Å²) in [6, 6.07) is 0. The van der Waals surface area contributed by atoms with E-state index in [0.29, 0.717) is 5.92 Å². The number of aromatic nitrogens is 3. The summed E-state index contributed by atoms with van der Waals surface area (Å²) in [5.41, 5.74) is -0.133. The van der Waals surface area contributed by atoms with Gasteiger partial charge in [0.1, 0.15) is 11.9 Å². The summed E-state index contributed by atoms with van der Waals surface area (Å²) < 4.78 is 1.89. The number of nitrogens with zero attached hydrogens (tertiary/aromatic N) is 3. The standard InChI is InChI=1S/C14H25N3O/c1-10-15-13(17(16-10)14(2,3)4)12(18)11-8-6-5-7-9-11/h11-12,18H,5-9H2,1-4H3/t12-/m1/s1. The number of aryl methyl sites for hydroxylation is 1. The van der Waals surface area contributed by atoms with E-state index in [9.17, 15) is 5.11 Å². The van der Waals surface area contributed by atoms with Crippen LogP contribution in [0.25, 0.3) is 0 Å². The molecule has 1 atom stereocenters. The Morgan fingerprint density at radius 2 is 1.83 bits per heavy atom. The molecule has 0 bridgehead atoms. The molecule has 0 aromatic carbocycles. The summed E-state index contributed by atoms with van der Waals surface area (Å²) in [5.74, 6) is 1.84. The molecule has 0 aliphatic heterocycles. The molecule has 2 rings (SSSR count). The maximum absolute atomic E-state index is 10.6. The molecule has 1 saturated carbocycles. The highest BCUT2D eigenvalue weighted by Gasteiger charge is 2.30. The van der Waals surface area contributed by atoms with Gasteiger partial charge in [0.2, 0.25) is 0 Å². The first kappa shape index (κ1) is 13.5. The van der Waals surface area contributed by atoms with Gasteiger partial charge in [-0.3, -0.25) is 0 Å². The van der Waals surface area contributed by atoms with Crippen LogP contribution in [0.5, 0.6) is 0 Å². The summed E-state index contributed by atoms with van der Waals surface area (Å²) in [7, 11) is 0. The van der Waals surface area contributed by atoms with E-state index in [2.05, 4.69) is 30.9 Å². The summed E-state index contributed by atoms with van der Waals surface area (Å²) in [5, 5.41) is 15.0. The zero-order valence-electron chi connectivity index (χ0n) is 12.0. The molecule has 18 heavy (non-hydrogen) atoms. The maximum Gasteiger partial charge on any atom is 0.156 e. The van der Waals surface area contributed by atoms with Crippen LogP contribution in [-0.4, -0.2) is 19.9 Å². The van der Waals surface area contributed by atoms with E-state index in [1.54, 1.807) is 0 Å². The van der Waals surface area contributed by atoms with Crippen LogP contribution in [-0.2, 0) is 5.54 Å². The predicted octanol–water partition coefficient (Wildman–Crippen LogP) is 2.96. The Kier molecular flexibility index (Phi) is 3.76. The number of aliphatic hydroxyl groups is 1. The van der Waals surface area contributed by atoms with E-state index in [4.69, 9.17) is 0 Å². The Balaban J connectivity index is 2.26. The summed E-state index contributed by atoms with van der Waals surface area (Å²) in [6.07, 6.45) is 5.50. The third-order valence-corrected chi connectivity index (χ3v) is 3.73. The smallest absolute Gasteiger partial charge is 0.156 e. The van der Waals surface area contributed by atoms with Gasteiger partial charge >= 0.3 is 0 Å². The van der Waals surface area contributed by atoms with Gasteiger partial charge in [0.25, 0.3) is 0 Å². The summed E-state index contributed by atoms with van der Waals surface area (Å²) in [4.78, 5) is 4.45. The van der Waals surface area contributed by atoms with Crippen molar-refractivity contribution in [1.29, 1.82) is 0 Å². The highest BCUT2D eigenvalue weighted by atomic mass is 16.3. The van der Waals surface area contributed by atoms with Crippen molar-refractivity contribution in [3.8, 4) is 0 Å². The molecule has 1 fully saturated rings. The molecule has 4 heteroatoms. The Morgan fingerprint density at radius 3 is 2.39 bits per heavy atom. The third kappa shape index (κ3) is 2.74. The molecule has 0 radical (unpaired) electrons. The van der Waals surface area contributed by atoms with Crippen molar-refractivity contribution < 1.29 is 5.11 Å². The average Bonchev–Trinajstić information content (AvgIpc) is 2.71. The first-order valence-corrected chi connectivity index (χ1v) is 7.01. The van der Waals surface area contributed by atoms with Gasteiger partial charge in [0, 0.05) is 0 Å². The molecular weight excluding hydrogens is 226 g/mol. The number of aliphatic hydroxyl groups excluding tert-OH is 1. The van der Waals surface area contributed by atoms with Gasteiger partial charge in [0.15, 0.2) is 5.82 Å². The third-order valence-electron chi connectivity index (χ3n) is 3.73. The normalized spacial score (nSPS) is 20.1. The molecule has 1 aromatic rings. The molecule has 0 amide bonds. The molecule has 0 unspecified atom stereocenters. The van der Waals surface area contributed by atoms with Crippen LogP contribution in [0.2, 0.25) is 0 Å². The molecule has 1 aliphatic rings. The Morgan fingerprint density at radius 1 is 1.22 bits per heavy atom. The zero-order chi connectivity index (χ0) is 13.3. The SMILES string of the molecule is Cc1nc([C@H](O)C2CCCCC2)n(C(C)(C)C)n1. The van der Waals surface area contributed by atoms with Crippen LogP contribution in [0.3, 0.4) is 0 Å². The number of hydrogen-bond acceptors (Lipinski definition) is 3. The van der Waals surface area contributed by atoms with Crippen molar-refractivity contribution in [3.63, 3.8) is 0 Å². The summed E-state index contributed by atoms with van der Waals surface area (Å²) >= 11 is 0.